The molecule has 0 unspecified atom stereocenters. The van der Waals surface area contributed by atoms with Crippen molar-refractivity contribution >= 4 is 35.8 Å². The molecule has 0 bridgehead atoms. The molecular weight excluding hydrogens is 453 g/mol. The van der Waals surface area contributed by atoms with Gasteiger partial charge in [-0.05, 0) is 49.5 Å². The SMILES string of the molecule is CN=C(NCCN1CCC(C)CC1)NCc1ccc(C(=O)N(C)C)cc1.I. The van der Waals surface area contributed by atoms with Crippen LogP contribution in [0.1, 0.15) is 35.7 Å². The molecule has 1 heterocycles. The van der Waals surface area contributed by atoms with Crippen molar-refractivity contribution in [3.63, 3.8) is 0 Å². The number of carbonyl (C=O) groups is 1. The molecule has 1 aromatic carbocycles. The summed E-state index contributed by atoms with van der Waals surface area (Å²) in [4.78, 5) is 20.3. The van der Waals surface area contributed by atoms with Gasteiger partial charge in [0, 0.05) is 46.3 Å². The Balaban J connectivity index is 0.00000364. The van der Waals surface area contributed by atoms with Crippen molar-refractivity contribution in [2.24, 2.45) is 10.9 Å². The summed E-state index contributed by atoms with van der Waals surface area (Å²) < 4.78 is 0. The van der Waals surface area contributed by atoms with Gasteiger partial charge in [-0.3, -0.25) is 9.79 Å². The average Bonchev–Trinajstić information content (AvgIpc) is 2.65. The number of likely N-dealkylation sites (tertiary alicyclic amines) is 1. The van der Waals surface area contributed by atoms with Crippen LogP contribution < -0.4 is 10.6 Å². The average molecular weight is 487 g/mol. The van der Waals surface area contributed by atoms with E-state index in [9.17, 15) is 4.79 Å². The molecule has 1 aromatic rings. The van der Waals surface area contributed by atoms with E-state index in [0.717, 1.165) is 30.5 Å². The van der Waals surface area contributed by atoms with Crippen molar-refractivity contribution in [3.05, 3.63) is 35.4 Å². The van der Waals surface area contributed by atoms with Crippen molar-refractivity contribution < 1.29 is 4.79 Å². The molecule has 2 N–H and O–H groups in total. The first-order chi connectivity index (χ1) is 12.5. The number of rotatable bonds is 6. The molecule has 0 spiro atoms. The molecule has 6 nitrogen and oxygen atoms in total. The Morgan fingerprint density at radius 2 is 1.81 bits per heavy atom. The van der Waals surface area contributed by atoms with E-state index in [4.69, 9.17) is 0 Å². The van der Waals surface area contributed by atoms with E-state index in [1.807, 2.05) is 24.3 Å². The van der Waals surface area contributed by atoms with Crippen molar-refractivity contribution in [2.75, 3.05) is 47.3 Å². The van der Waals surface area contributed by atoms with Gasteiger partial charge in [0.25, 0.3) is 5.91 Å². The Hall–Kier alpha value is -1.35. The van der Waals surface area contributed by atoms with Gasteiger partial charge in [0.15, 0.2) is 5.96 Å². The van der Waals surface area contributed by atoms with Gasteiger partial charge >= 0.3 is 0 Å². The number of nitrogens with zero attached hydrogens (tertiary/aromatic N) is 3. The number of halogens is 1. The van der Waals surface area contributed by atoms with Gasteiger partial charge in [0.1, 0.15) is 0 Å². The van der Waals surface area contributed by atoms with Crippen LogP contribution in [0.25, 0.3) is 0 Å². The highest BCUT2D eigenvalue weighted by atomic mass is 127. The van der Waals surface area contributed by atoms with Crippen LogP contribution in [0.5, 0.6) is 0 Å². The van der Waals surface area contributed by atoms with E-state index in [0.29, 0.717) is 12.1 Å². The third kappa shape index (κ3) is 8.04. The summed E-state index contributed by atoms with van der Waals surface area (Å²) in [6.45, 7) is 7.36. The fraction of sp³-hybridized carbons (Fsp3) is 0.600. The molecule has 1 saturated heterocycles. The Morgan fingerprint density at radius 1 is 1.19 bits per heavy atom. The van der Waals surface area contributed by atoms with E-state index in [1.54, 1.807) is 26.0 Å². The van der Waals surface area contributed by atoms with E-state index in [2.05, 4.69) is 27.4 Å². The molecule has 0 saturated carbocycles. The second-order valence-corrected chi connectivity index (χ2v) is 7.27. The zero-order valence-corrected chi connectivity index (χ0v) is 19.3. The zero-order valence-electron chi connectivity index (χ0n) is 17.0. The molecule has 27 heavy (non-hydrogen) atoms. The first-order valence-electron chi connectivity index (χ1n) is 9.47. The molecule has 0 aromatic heterocycles. The minimum Gasteiger partial charge on any atom is -0.355 e. The van der Waals surface area contributed by atoms with Gasteiger partial charge in [0.2, 0.25) is 0 Å². The maximum atomic E-state index is 11.9. The Bertz CT molecular complexity index is 595. The lowest BCUT2D eigenvalue weighted by Crippen LogP contribution is -2.43. The topological polar surface area (TPSA) is 60.0 Å². The minimum atomic E-state index is 0. The van der Waals surface area contributed by atoms with Crippen LogP contribution in [0.15, 0.2) is 29.3 Å². The van der Waals surface area contributed by atoms with Crippen LogP contribution in [-0.4, -0.2) is 69.0 Å². The van der Waals surface area contributed by atoms with Crippen LogP contribution in [-0.2, 0) is 6.54 Å². The smallest absolute Gasteiger partial charge is 0.253 e. The summed E-state index contributed by atoms with van der Waals surface area (Å²) in [5.41, 5.74) is 1.82. The fourth-order valence-electron chi connectivity index (χ4n) is 3.05. The Labute approximate surface area is 180 Å². The van der Waals surface area contributed by atoms with Gasteiger partial charge in [-0.15, -0.1) is 24.0 Å². The molecule has 1 fully saturated rings. The zero-order chi connectivity index (χ0) is 18.9. The molecule has 7 heteroatoms. The highest BCUT2D eigenvalue weighted by Gasteiger charge is 2.15. The van der Waals surface area contributed by atoms with Crippen molar-refractivity contribution in [3.8, 4) is 0 Å². The number of guanidine groups is 1. The summed E-state index contributed by atoms with van der Waals surface area (Å²) in [6.07, 6.45) is 2.61. The van der Waals surface area contributed by atoms with Gasteiger partial charge in [-0.2, -0.15) is 0 Å². The third-order valence-corrected chi connectivity index (χ3v) is 4.89. The Kier molecular flexibility index (Phi) is 10.7. The Morgan fingerprint density at radius 3 is 2.37 bits per heavy atom. The summed E-state index contributed by atoms with van der Waals surface area (Å²) >= 11 is 0. The van der Waals surface area contributed by atoms with Gasteiger partial charge in [-0.25, -0.2) is 0 Å². The van der Waals surface area contributed by atoms with Crippen LogP contribution in [0, 0.1) is 5.92 Å². The number of benzene rings is 1. The second kappa shape index (κ2) is 12.2. The lowest BCUT2D eigenvalue weighted by molar-refractivity contribution is 0.0827. The molecule has 0 radical (unpaired) electrons. The van der Waals surface area contributed by atoms with Crippen molar-refractivity contribution in [1.82, 2.24) is 20.4 Å². The predicted octanol–water partition coefficient (Wildman–Crippen LogP) is 2.40. The number of aliphatic imine (C=N–C) groups is 1. The standard InChI is InChI=1S/C20H33N5O.HI/c1-16-9-12-25(13-10-16)14-11-22-20(21-2)23-15-17-5-7-18(8-6-17)19(26)24(3)4;/h5-8,16H,9-15H2,1-4H3,(H2,21,22,23);1H. The van der Waals surface area contributed by atoms with Crippen LogP contribution in [0.3, 0.4) is 0 Å². The third-order valence-electron chi connectivity index (χ3n) is 4.89. The van der Waals surface area contributed by atoms with E-state index < -0.39 is 0 Å². The molecule has 152 valence electrons. The normalized spacial score (nSPS) is 15.8. The lowest BCUT2D eigenvalue weighted by Gasteiger charge is -2.30. The summed E-state index contributed by atoms with van der Waals surface area (Å²) in [5, 5.41) is 6.71. The first-order valence-corrected chi connectivity index (χ1v) is 9.47. The van der Waals surface area contributed by atoms with Crippen molar-refractivity contribution in [1.29, 1.82) is 0 Å². The van der Waals surface area contributed by atoms with E-state index in [1.165, 1.54) is 25.9 Å². The number of nitrogens with one attached hydrogen (secondary N) is 2. The van der Waals surface area contributed by atoms with Gasteiger partial charge in [0.05, 0.1) is 0 Å². The maximum Gasteiger partial charge on any atom is 0.253 e. The van der Waals surface area contributed by atoms with Gasteiger partial charge < -0.3 is 20.4 Å². The fourth-order valence-corrected chi connectivity index (χ4v) is 3.05. The van der Waals surface area contributed by atoms with E-state index >= 15 is 0 Å². The molecule has 1 amide bonds. The number of amides is 1. The minimum absolute atomic E-state index is 0. The molecule has 1 aliphatic heterocycles. The largest absolute Gasteiger partial charge is 0.355 e. The summed E-state index contributed by atoms with van der Waals surface area (Å²) in [7, 11) is 5.31. The molecule has 1 aliphatic rings. The number of piperidine rings is 1. The highest BCUT2D eigenvalue weighted by Crippen LogP contribution is 2.15. The summed E-state index contributed by atoms with van der Waals surface area (Å²) in [6, 6.07) is 7.69. The van der Waals surface area contributed by atoms with Crippen molar-refractivity contribution in [2.45, 2.75) is 26.3 Å². The number of hydrogen-bond donors (Lipinski definition) is 2. The van der Waals surface area contributed by atoms with Gasteiger partial charge in [-0.1, -0.05) is 19.1 Å². The maximum absolute atomic E-state index is 11.9. The van der Waals surface area contributed by atoms with Crippen LogP contribution in [0.4, 0.5) is 0 Å². The highest BCUT2D eigenvalue weighted by molar-refractivity contribution is 14.0. The lowest BCUT2D eigenvalue weighted by atomic mass is 9.99. The molecule has 0 atom stereocenters. The quantitative estimate of drug-likeness (QED) is 0.368. The first kappa shape index (κ1) is 23.7. The molecule has 0 aliphatic carbocycles. The second-order valence-electron chi connectivity index (χ2n) is 7.27. The molecular formula is C20H34IN5O. The summed E-state index contributed by atoms with van der Waals surface area (Å²) in [5.74, 6) is 1.70. The molecule has 2 rings (SSSR count). The monoisotopic (exact) mass is 487 g/mol. The predicted molar refractivity (Wildman–Crippen MR) is 123 cm³/mol. The van der Waals surface area contributed by atoms with E-state index in [-0.39, 0.29) is 29.9 Å². The number of hydrogen-bond acceptors (Lipinski definition) is 3. The van der Waals surface area contributed by atoms with Crippen LogP contribution >= 0.6 is 24.0 Å². The number of carbonyl (C=O) groups excluding carboxylic acids is 1. The van der Waals surface area contributed by atoms with Crippen LogP contribution in [0.2, 0.25) is 0 Å².